The minimum Gasteiger partial charge on any atom is -0.332 e. The second kappa shape index (κ2) is 2.47. The third-order valence-electron chi connectivity index (χ3n) is 1.61. The predicted octanol–water partition coefficient (Wildman–Crippen LogP) is 1.82. The summed E-state index contributed by atoms with van der Waals surface area (Å²) in [7, 11) is 0. The Bertz CT molecular complexity index is 368. The number of rotatable bonds is 1. The highest BCUT2D eigenvalue weighted by Crippen LogP contribution is 2.20. The number of nitrogens with zero attached hydrogens (tertiary/aromatic N) is 1. The summed E-state index contributed by atoms with van der Waals surface area (Å²) < 4.78 is 2.79. The van der Waals surface area contributed by atoms with Crippen LogP contribution < -0.4 is 4.72 Å². The maximum atomic E-state index is 3.97. The Morgan fingerprint density at radius 3 is 3.18 bits per heavy atom. The third-order valence-corrected chi connectivity index (χ3v) is 1.85. The van der Waals surface area contributed by atoms with E-state index in [4.69, 9.17) is 0 Å². The van der Waals surface area contributed by atoms with Gasteiger partial charge in [0.1, 0.15) is 0 Å². The normalized spacial score (nSPS) is 10.3. The molecule has 1 heterocycles. The number of aromatic amines is 1. The molecule has 0 saturated heterocycles. The number of benzene rings is 1. The van der Waals surface area contributed by atoms with Crippen LogP contribution in [0.4, 0.5) is 5.69 Å². The van der Waals surface area contributed by atoms with Gasteiger partial charge in [0.05, 0.1) is 17.4 Å². The summed E-state index contributed by atoms with van der Waals surface area (Å²) in [5, 5.41) is 7.84. The van der Waals surface area contributed by atoms with Crippen LogP contribution in [0, 0.1) is 0 Å². The van der Waals surface area contributed by atoms with E-state index in [0.29, 0.717) is 0 Å². The van der Waals surface area contributed by atoms with Gasteiger partial charge in [0, 0.05) is 5.39 Å². The summed E-state index contributed by atoms with van der Waals surface area (Å²) in [6.07, 6.45) is 1.77. The summed E-state index contributed by atoms with van der Waals surface area (Å²) in [5.41, 5.74) is 1.99. The largest absolute Gasteiger partial charge is 0.332 e. The van der Waals surface area contributed by atoms with Crippen molar-refractivity contribution in [2.75, 3.05) is 4.72 Å². The summed E-state index contributed by atoms with van der Waals surface area (Å²) in [5.74, 6) is 0. The van der Waals surface area contributed by atoms with Crippen molar-refractivity contribution in [1.82, 2.24) is 10.2 Å². The van der Waals surface area contributed by atoms with Crippen molar-refractivity contribution in [2.24, 2.45) is 0 Å². The van der Waals surface area contributed by atoms with Gasteiger partial charge in [-0.3, -0.25) is 5.10 Å². The summed E-state index contributed by atoms with van der Waals surface area (Å²) in [4.78, 5) is 0. The Kier molecular flexibility index (Phi) is 1.47. The fraction of sp³-hybridized carbons (Fsp3) is 0. The van der Waals surface area contributed by atoms with Gasteiger partial charge in [-0.25, -0.2) is 0 Å². The van der Waals surface area contributed by atoms with Crippen molar-refractivity contribution in [3.05, 3.63) is 24.4 Å². The molecular weight excluding hydrogens is 158 g/mol. The molecule has 0 atom stereocenters. The molecular formula is C7H7N3S. The average molecular weight is 165 g/mol. The first-order valence-corrected chi connectivity index (χ1v) is 3.69. The fourth-order valence-electron chi connectivity index (χ4n) is 1.07. The first-order chi connectivity index (χ1) is 5.42. The first kappa shape index (κ1) is 6.54. The fourth-order valence-corrected chi connectivity index (χ4v) is 1.26. The smallest absolute Gasteiger partial charge is 0.0671 e. The van der Waals surface area contributed by atoms with Crippen LogP contribution >= 0.6 is 12.8 Å². The number of hydrogen-bond acceptors (Lipinski definition) is 3. The standard InChI is InChI=1S/C7H7N3S/c11-10-7-3-1-2-6-5(7)4-8-9-6/h1-4,10-11H,(H,8,9). The summed E-state index contributed by atoms with van der Waals surface area (Å²) in [6, 6.07) is 5.86. The van der Waals surface area contributed by atoms with Crippen LogP contribution in [-0.2, 0) is 0 Å². The minimum atomic E-state index is 0.972. The number of H-pyrrole nitrogens is 1. The Hall–Kier alpha value is -1.16. The molecule has 1 aromatic carbocycles. The molecule has 0 spiro atoms. The van der Waals surface area contributed by atoms with Gasteiger partial charge in [-0.1, -0.05) is 18.9 Å². The van der Waals surface area contributed by atoms with E-state index in [1.54, 1.807) is 6.20 Å². The van der Waals surface area contributed by atoms with Crippen molar-refractivity contribution in [2.45, 2.75) is 0 Å². The van der Waals surface area contributed by atoms with Gasteiger partial charge in [-0.05, 0) is 12.1 Å². The number of thiol groups is 1. The molecule has 0 saturated carbocycles. The lowest BCUT2D eigenvalue weighted by atomic mass is 10.2. The van der Waals surface area contributed by atoms with Crippen LogP contribution in [0.25, 0.3) is 10.9 Å². The van der Waals surface area contributed by atoms with E-state index in [2.05, 4.69) is 27.7 Å². The highest BCUT2D eigenvalue weighted by molar-refractivity contribution is 7.81. The van der Waals surface area contributed by atoms with Gasteiger partial charge < -0.3 is 4.72 Å². The molecule has 0 radical (unpaired) electrons. The van der Waals surface area contributed by atoms with Crippen LogP contribution in [0.2, 0.25) is 0 Å². The lowest BCUT2D eigenvalue weighted by Crippen LogP contribution is -1.79. The zero-order valence-electron chi connectivity index (χ0n) is 5.70. The molecule has 2 aromatic rings. The molecule has 1 aromatic heterocycles. The molecule has 0 aliphatic heterocycles. The predicted molar refractivity (Wildman–Crippen MR) is 48.7 cm³/mol. The average Bonchev–Trinajstić information content (AvgIpc) is 2.50. The molecule has 56 valence electrons. The monoisotopic (exact) mass is 165 g/mol. The van der Waals surface area contributed by atoms with Gasteiger partial charge in [0.15, 0.2) is 0 Å². The molecule has 4 heteroatoms. The van der Waals surface area contributed by atoms with Crippen LogP contribution in [0.1, 0.15) is 0 Å². The highest BCUT2D eigenvalue weighted by Gasteiger charge is 1.98. The lowest BCUT2D eigenvalue weighted by Gasteiger charge is -1.97. The lowest BCUT2D eigenvalue weighted by molar-refractivity contribution is 1.12. The molecule has 0 unspecified atom stereocenters. The third kappa shape index (κ3) is 0.952. The number of hydrogen-bond donors (Lipinski definition) is 3. The Morgan fingerprint density at radius 2 is 2.36 bits per heavy atom. The van der Waals surface area contributed by atoms with E-state index in [0.717, 1.165) is 16.6 Å². The van der Waals surface area contributed by atoms with E-state index in [-0.39, 0.29) is 0 Å². The molecule has 2 rings (SSSR count). The molecule has 2 N–H and O–H groups in total. The molecule has 11 heavy (non-hydrogen) atoms. The molecule has 0 fully saturated rings. The number of fused-ring (bicyclic) bond motifs is 1. The van der Waals surface area contributed by atoms with Crippen LogP contribution in [-0.4, -0.2) is 10.2 Å². The van der Waals surface area contributed by atoms with Crippen LogP contribution in [0.5, 0.6) is 0 Å². The van der Waals surface area contributed by atoms with Crippen molar-refractivity contribution in [1.29, 1.82) is 0 Å². The van der Waals surface area contributed by atoms with Crippen LogP contribution in [0.15, 0.2) is 24.4 Å². The zero-order chi connectivity index (χ0) is 7.68. The van der Waals surface area contributed by atoms with Crippen molar-refractivity contribution in [3.63, 3.8) is 0 Å². The van der Waals surface area contributed by atoms with Crippen molar-refractivity contribution < 1.29 is 0 Å². The first-order valence-electron chi connectivity index (χ1n) is 3.24. The van der Waals surface area contributed by atoms with Gasteiger partial charge in [0.25, 0.3) is 0 Å². The number of nitrogens with one attached hydrogen (secondary N) is 2. The van der Waals surface area contributed by atoms with Crippen molar-refractivity contribution in [3.8, 4) is 0 Å². The van der Waals surface area contributed by atoms with Crippen LogP contribution in [0.3, 0.4) is 0 Å². The zero-order valence-corrected chi connectivity index (χ0v) is 6.60. The van der Waals surface area contributed by atoms with E-state index in [1.165, 1.54) is 0 Å². The Morgan fingerprint density at radius 1 is 1.45 bits per heavy atom. The second-order valence-corrected chi connectivity index (χ2v) is 2.47. The SMILES string of the molecule is SNc1cccc2[nH]ncc12. The van der Waals surface area contributed by atoms with E-state index in [9.17, 15) is 0 Å². The summed E-state index contributed by atoms with van der Waals surface area (Å²) >= 11 is 3.97. The quantitative estimate of drug-likeness (QED) is 0.564. The second-order valence-electron chi connectivity index (χ2n) is 2.25. The van der Waals surface area contributed by atoms with Gasteiger partial charge >= 0.3 is 0 Å². The Labute approximate surface area is 69.4 Å². The van der Waals surface area contributed by atoms with Gasteiger partial charge in [-0.2, -0.15) is 5.10 Å². The highest BCUT2D eigenvalue weighted by atomic mass is 32.1. The van der Waals surface area contributed by atoms with Crippen molar-refractivity contribution >= 4 is 29.4 Å². The van der Waals surface area contributed by atoms with Gasteiger partial charge in [0.2, 0.25) is 0 Å². The number of anilines is 1. The molecule has 0 amide bonds. The molecule has 0 aliphatic carbocycles. The van der Waals surface area contributed by atoms with E-state index in [1.807, 2.05) is 18.2 Å². The topological polar surface area (TPSA) is 40.7 Å². The van der Waals surface area contributed by atoms with E-state index < -0.39 is 0 Å². The number of aromatic nitrogens is 2. The summed E-state index contributed by atoms with van der Waals surface area (Å²) in [6.45, 7) is 0. The molecule has 0 bridgehead atoms. The molecule has 0 aliphatic rings. The van der Waals surface area contributed by atoms with E-state index >= 15 is 0 Å². The maximum absolute atomic E-state index is 3.97. The Balaban J connectivity index is 2.79. The maximum Gasteiger partial charge on any atom is 0.0671 e. The minimum absolute atomic E-state index is 0.972. The van der Waals surface area contributed by atoms with Gasteiger partial charge in [-0.15, -0.1) is 0 Å². The molecule has 3 nitrogen and oxygen atoms in total.